The molecular formula is C16H14N4O6S. The monoisotopic (exact) mass is 390 g/mol. The van der Waals surface area contributed by atoms with Crippen LogP contribution < -0.4 is 4.74 Å². The lowest BCUT2D eigenvalue weighted by atomic mass is 10.2. The van der Waals surface area contributed by atoms with Crippen LogP contribution in [0.1, 0.15) is 11.1 Å². The van der Waals surface area contributed by atoms with Gasteiger partial charge in [0.05, 0.1) is 18.2 Å². The summed E-state index contributed by atoms with van der Waals surface area (Å²) in [5.74, 6) is 0.160. The number of ether oxygens (including phenoxy) is 1. The lowest BCUT2D eigenvalue weighted by Crippen LogP contribution is -2.21. The van der Waals surface area contributed by atoms with E-state index in [1.807, 2.05) is 0 Å². The first kappa shape index (κ1) is 18.3. The number of aromatic hydroxyl groups is 1. The largest absolute Gasteiger partial charge is 0.504 e. The molecule has 27 heavy (non-hydrogen) atoms. The Kier molecular flexibility index (Phi) is 4.54. The van der Waals surface area contributed by atoms with Crippen molar-refractivity contribution in [2.75, 3.05) is 14.2 Å². The van der Waals surface area contributed by atoms with Gasteiger partial charge in [-0.25, -0.2) is 5.01 Å². The zero-order valence-electron chi connectivity index (χ0n) is 14.2. The van der Waals surface area contributed by atoms with Gasteiger partial charge < -0.3 is 9.84 Å². The first-order chi connectivity index (χ1) is 12.7. The van der Waals surface area contributed by atoms with Crippen molar-refractivity contribution in [1.29, 1.82) is 0 Å². The molecule has 0 unspecified atom stereocenters. The molecule has 1 aliphatic rings. The van der Waals surface area contributed by atoms with Crippen molar-refractivity contribution in [2.45, 2.75) is 4.90 Å². The molecule has 0 fully saturated rings. The molecule has 11 heteroatoms. The van der Waals surface area contributed by atoms with Gasteiger partial charge >= 0.3 is 0 Å². The number of benzene rings is 2. The van der Waals surface area contributed by atoms with Gasteiger partial charge in [0.2, 0.25) is 0 Å². The molecule has 0 radical (unpaired) electrons. The van der Waals surface area contributed by atoms with Gasteiger partial charge in [-0.1, -0.05) is 6.07 Å². The molecule has 0 aromatic heterocycles. The fourth-order valence-corrected chi connectivity index (χ4v) is 3.73. The third-order valence-electron chi connectivity index (χ3n) is 3.83. The highest BCUT2D eigenvalue weighted by Gasteiger charge is 2.32. The highest BCUT2D eigenvalue weighted by molar-refractivity contribution is 7.90. The molecule has 1 heterocycles. The van der Waals surface area contributed by atoms with Crippen molar-refractivity contribution in [2.24, 2.45) is 9.50 Å². The van der Waals surface area contributed by atoms with Crippen LogP contribution in [0.2, 0.25) is 0 Å². The third kappa shape index (κ3) is 3.31. The molecule has 0 atom stereocenters. The number of nitro groups is 1. The molecule has 0 spiro atoms. The van der Waals surface area contributed by atoms with E-state index in [1.54, 1.807) is 18.2 Å². The van der Waals surface area contributed by atoms with E-state index in [0.29, 0.717) is 5.56 Å². The fourth-order valence-electron chi connectivity index (χ4n) is 2.48. The first-order valence-corrected chi connectivity index (χ1v) is 8.96. The summed E-state index contributed by atoms with van der Waals surface area (Å²) in [5, 5.41) is 26.2. The van der Waals surface area contributed by atoms with E-state index in [9.17, 15) is 23.6 Å². The second-order valence-electron chi connectivity index (χ2n) is 5.49. The molecule has 0 saturated carbocycles. The van der Waals surface area contributed by atoms with E-state index < -0.39 is 14.9 Å². The molecule has 1 aliphatic heterocycles. The molecule has 0 saturated heterocycles. The molecule has 10 nitrogen and oxygen atoms in total. The van der Waals surface area contributed by atoms with Gasteiger partial charge in [0, 0.05) is 30.3 Å². The average Bonchev–Trinajstić information content (AvgIpc) is 2.91. The number of amidine groups is 1. The summed E-state index contributed by atoms with van der Waals surface area (Å²) < 4.78 is 33.1. The Morgan fingerprint density at radius 3 is 2.74 bits per heavy atom. The molecule has 3 rings (SSSR count). The molecule has 2 aromatic rings. The lowest BCUT2D eigenvalue weighted by molar-refractivity contribution is -0.385. The quantitative estimate of drug-likeness (QED) is 0.477. The summed E-state index contributed by atoms with van der Waals surface area (Å²) in [5.41, 5.74) is 0.211. The van der Waals surface area contributed by atoms with Crippen LogP contribution in [0.5, 0.6) is 11.5 Å². The minimum atomic E-state index is -4.06. The molecule has 1 N–H and O–H groups in total. The smallest absolute Gasteiger partial charge is 0.285 e. The number of hydrazone groups is 1. The average molecular weight is 390 g/mol. The highest BCUT2D eigenvalue weighted by Crippen LogP contribution is 2.31. The zero-order chi connectivity index (χ0) is 19.8. The topological polar surface area (TPSA) is 135 Å². The van der Waals surface area contributed by atoms with Crippen LogP contribution in [0.15, 0.2) is 50.8 Å². The summed E-state index contributed by atoms with van der Waals surface area (Å²) in [7, 11) is -1.18. The molecule has 0 bridgehead atoms. The summed E-state index contributed by atoms with van der Waals surface area (Å²) >= 11 is 0. The Bertz CT molecular complexity index is 1090. The summed E-state index contributed by atoms with van der Waals surface area (Å²) in [6.45, 7) is 0. The molecule has 2 aromatic carbocycles. The number of fused-ring (bicyclic) bond motifs is 1. The predicted molar refractivity (Wildman–Crippen MR) is 96.8 cm³/mol. The number of phenols is 1. The summed E-state index contributed by atoms with van der Waals surface area (Å²) in [6, 6.07) is 8.30. The van der Waals surface area contributed by atoms with Gasteiger partial charge in [0.15, 0.2) is 17.3 Å². The second kappa shape index (κ2) is 6.68. The number of non-ortho nitro benzene ring substituents is 1. The van der Waals surface area contributed by atoms with Gasteiger partial charge in [-0.05, 0) is 18.2 Å². The van der Waals surface area contributed by atoms with Gasteiger partial charge in [-0.15, -0.1) is 4.40 Å². The number of phenolic OH excluding ortho intramolecular Hbond substituents is 1. The van der Waals surface area contributed by atoms with Crippen LogP contribution in [0.25, 0.3) is 0 Å². The van der Waals surface area contributed by atoms with Gasteiger partial charge in [0.25, 0.3) is 15.7 Å². The van der Waals surface area contributed by atoms with E-state index in [0.717, 1.165) is 6.07 Å². The normalized spacial score (nSPS) is 14.7. The van der Waals surface area contributed by atoms with Crippen LogP contribution in [-0.2, 0) is 10.0 Å². The van der Waals surface area contributed by atoms with Gasteiger partial charge in [0.1, 0.15) is 4.90 Å². The van der Waals surface area contributed by atoms with Gasteiger partial charge in [-0.2, -0.15) is 13.5 Å². The van der Waals surface area contributed by atoms with E-state index in [2.05, 4.69) is 9.50 Å². The summed E-state index contributed by atoms with van der Waals surface area (Å²) in [6.07, 6.45) is 1.32. The predicted octanol–water partition coefficient (Wildman–Crippen LogP) is 1.72. The Morgan fingerprint density at radius 2 is 2.07 bits per heavy atom. The standard InChI is InChI=1S/C16H14N4O6S/c1-19(17-9-10-4-3-5-13(26-2)15(10)21)16-12-7-6-11(20(22)23)8-14(12)27(24,25)18-16/h3-9,21H,1-2H3/b17-9-. The van der Waals surface area contributed by atoms with Crippen molar-refractivity contribution >= 4 is 27.8 Å². The molecule has 0 amide bonds. The van der Waals surface area contributed by atoms with Crippen molar-refractivity contribution in [3.63, 3.8) is 0 Å². The number of hydrogen-bond donors (Lipinski definition) is 1. The first-order valence-electron chi connectivity index (χ1n) is 7.52. The van der Waals surface area contributed by atoms with Crippen molar-refractivity contribution < 1.29 is 23.2 Å². The molecule has 140 valence electrons. The molecule has 0 aliphatic carbocycles. The minimum Gasteiger partial charge on any atom is -0.504 e. The van der Waals surface area contributed by atoms with Crippen molar-refractivity contribution in [3.8, 4) is 11.5 Å². The Balaban J connectivity index is 1.96. The third-order valence-corrected chi connectivity index (χ3v) is 5.14. The minimum absolute atomic E-state index is 0.0125. The maximum atomic E-state index is 12.2. The van der Waals surface area contributed by atoms with Crippen LogP contribution >= 0.6 is 0 Å². The zero-order valence-corrected chi connectivity index (χ0v) is 15.0. The highest BCUT2D eigenvalue weighted by atomic mass is 32.2. The van der Waals surface area contributed by atoms with Crippen LogP contribution in [0.4, 0.5) is 5.69 Å². The number of methoxy groups -OCH3 is 1. The number of hydrogen-bond acceptors (Lipinski definition) is 8. The Labute approximate surface area is 154 Å². The Hall–Kier alpha value is -3.47. The SMILES string of the molecule is COc1cccc(/C=N\N(C)C2=NS(=O)(=O)c3cc([N+](=O)[O-])ccc32)c1O. The van der Waals surface area contributed by atoms with Crippen molar-refractivity contribution in [3.05, 3.63) is 57.6 Å². The second-order valence-corrected chi connectivity index (χ2v) is 7.07. The van der Waals surface area contributed by atoms with Crippen LogP contribution in [0.3, 0.4) is 0 Å². The van der Waals surface area contributed by atoms with E-state index in [4.69, 9.17) is 4.74 Å². The Morgan fingerprint density at radius 1 is 1.33 bits per heavy atom. The lowest BCUT2D eigenvalue weighted by Gasteiger charge is -2.12. The number of nitrogens with zero attached hydrogens (tertiary/aromatic N) is 4. The maximum Gasteiger partial charge on any atom is 0.285 e. The number of rotatable bonds is 4. The van der Waals surface area contributed by atoms with Crippen LogP contribution in [-0.4, -0.2) is 49.7 Å². The maximum absolute atomic E-state index is 12.2. The van der Waals surface area contributed by atoms with Gasteiger partial charge in [-0.3, -0.25) is 10.1 Å². The molecular weight excluding hydrogens is 376 g/mol. The van der Waals surface area contributed by atoms with E-state index in [-0.39, 0.29) is 33.5 Å². The van der Waals surface area contributed by atoms with E-state index in [1.165, 1.54) is 37.5 Å². The number of para-hydroxylation sites is 1. The van der Waals surface area contributed by atoms with Crippen molar-refractivity contribution in [1.82, 2.24) is 5.01 Å². The fraction of sp³-hybridized carbons (Fsp3) is 0.125. The number of nitro benzene ring substituents is 1. The summed E-state index contributed by atoms with van der Waals surface area (Å²) in [4.78, 5) is 9.95. The van der Waals surface area contributed by atoms with Crippen LogP contribution in [0, 0.1) is 10.1 Å². The van der Waals surface area contributed by atoms with E-state index >= 15 is 0 Å². The number of sulfonamides is 1.